The Hall–Kier alpha value is -1.07. The van der Waals surface area contributed by atoms with Gasteiger partial charge in [-0.3, -0.25) is 4.79 Å². The molecule has 4 nitrogen and oxygen atoms in total. The molecule has 0 bridgehead atoms. The Morgan fingerprint density at radius 3 is 2.81 bits per heavy atom. The number of carbonyl (C=O) groups is 1. The van der Waals surface area contributed by atoms with Crippen LogP contribution in [0.5, 0.6) is 5.75 Å². The molecular formula is C11H15BrN2O2. The molecule has 1 amide bonds. The number of hydrogen-bond acceptors (Lipinski definition) is 3. The zero-order valence-corrected chi connectivity index (χ0v) is 10.7. The lowest BCUT2D eigenvalue weighted by molar-refractivity contribution is -0.119. The molecule has 0 unspecified atom stereocenters. The van der Waals surface area contributed by atoms with Crippen LogP contribution < -0.4 is 11.1 Å². The molecule has 0 aromatic heterocycles. The van der Waals surface area contributed by atoms with Crippen LogP contribution in [0, 0.1) is 0 Å². The lowest BCUT2D eigenvalue weighted by Gasteiger charge is -2.10. The maximum absolute atomic E-state index is 11.0. The highest BCUT2D eigenvalue weighted by Crippen LogP contribution is 2.29. The Kier molecular flexibility index (Phi) is 4.76. The first kappa shape index (κ1) is 13.0. The van der Waals surface area contributed by atoms with Crippen molar-refractivity contribution in [2.75, 3.05) is 6.54 Å². The summed E-state index contributed by atoms with van der Waals surface area (Å²) >= 11 is 3.27. The number of rotatable bonds is 4. The fraction of sp³-hybridized carbons (Fsp3) is 0.364. The van der Waals surface area contributed by atoms with Crippen LogP contribution in [0.25, 0.3) is 0 Å². The van der Waals surface area contributed by atoms with Crippen LogP contribution in [0.1, 0.15) is 18.1 Å². The van der Waals surface area contributed by atoms with E-state index in [0.29, 0.717) is 10.0 Å². The second-order valence-electron chi connectivity index (χ2n) is 3.42. The topological polar surface area (TPSA) is 75.3 Å². The van der Waals surface area contributed by atoms with Crippen molar-refractivity contribution in [3.05, 3.63) is 27.7 Å². The first-order valence-electron chi connectivity index (χ1n) is 5.05. The van der Waals surface area contributed by atoms with Crippen LogP contribution in [0.15, 0.2) is 16.6 Å². The van der Waals surface area contributed by atoms with E-state index in [1.54, 1.807) is 0 Å². The molecule has 0 saturated carbocycles. The van der Waals surface area contributed by atoms with Crippen LogP contribution >= 0.6 is 15.9 Å². The highest BCUT2D eigenvalue weighted by atomic mass is 79.9. The van der Waals surface area contributed by atoms with Crippen LogP contribution in [0.3, 0.4) is 0 Å². The molecule has 0 aliphatic rings. The van der Waals surface area contributed by atoms with Gasteiger partial charge in [0.05, 0.1) is 11.0 Å². The summed E-state index contributed by atoms with van der Waals surface area (Å²) in [5.41, 5.74) is 6.96. The van der Waals surface area contributed by atoms with Gasteiger partial charge in [0.15, 0.2) is 0 Å². The van der Waals surface area contributed by atoms with Gasteiger partial charge in [-0.15, -0.1) is 0 Å². The van der Waals surface area contributed by atoms with Crippen LogP contribution in [-0.2, 0) is 17.8 Å². The smallest absolute Gasteiger partial charge is 0.234 e. The van der Waals surface area contributed by atoms with E-state index in [9.17, 15) is 9.90 Å². The number of hydrogen-bond donors (Lipinski definition) is 3. The van der Waals surface area contributed by atoms with Gasteiger partial charge in [-0.2, -0.15) is 0 Å². The van der Waals surface area contributed by atoms with E-state index in [1.807, 2.05) is 19.1 Å². The zero-order chi connectivity index (χ0) is 12.1. The molecule has 0 atom stereocenters. The van der Waals surface area contributed by atoms with E-state index in [2.05, 4.69) is 21.2 Å². The Morgan fingerprint density at radius 2 is 2.25 bits per heavy atom. The number of phenols is 1. The zero-order valence-electron chi connectivity index (χ0n) is 9.09. The van der Waals surface area contributed by atoms with Crippen molar-refractivity contribution in [2.45, 2.75) is 19.9 Å². The average molecular weight is 287 g/mol. The quantitative estimate of drug-likeness (QED) is 0.781. The molecule has 5 heteroatoms. The number of aryl methyl sites for hydroxylation is 1. The minimum absolute atomic E-state index is 0.0462. The number of nitrogens with two attached hydrogens (primary N) is 1. The third-order valence-electron chi connectivity index (χ3n) is 2.27. The molecule has 0 aliphatic heterocycles. The van der Waals surface area contributed by atoms with Crippen molar-refractivity contribution in [3.63, 3.8) is 0 Å². The molecular weight excluding hydrogens is 272 g/mol. The number of carbonyl (C=O) groups excluding carboxylic acids is 1. The van der Waals surface area contributed by atoms with E-state index < -0.39 is 0 Å². The molecule has 0 fully saturated rings. The van der Waals surface area contributed by atoms with Crippen molar-refractivity contribution in [1.82, 2.24) is 5.32 Å². The minimum atomic E-state index is -0.238. The summed E-state index contributed by atoms with van der Waals surface area (Å²) in [6.07, 6.45) is 0.872. The van der Waals surface area contributed by atoms with Gasteiger partial charge in [0, 0.05) is 12.1 Å². The third-order valence-corrected chi connectivity index (χ3v) is 2.88. The predicted octanol–water partition coefficient (Wildman–Crippen LogP) is 1.29. The molecule has 4 N–H and O–H groups in total. The van der Waals surface area contributed by atoms with Gasteiger partial charge < -0.3 is 16.2 Å². The Labute approximate surface area is 103 Å². The lowest BCUT2D eigenvalue weighted by atomic mass is 10.1. The summed E-state index contributed by atoms with van der Waals surface area (Å²) < 4.78 is 0.642. The third kappa shape index (κ3) is 3.21. The van der Waals surface area contributed by atoms with Gasteiger partial charge in [-0.1, -0.05) is 13.0 Å². The van der Waals surface area contributed by atoms with Crippen molar-refractivity contribution >= 4 is 21.8 Å². The summed E-state index contributed by atoms with van der Waals surface area (Å²) in [6.45, 7) is 2.27. The fourth-order valence-corrected chi connectivity index (χ4v) is 1.87. The molecule has 88 valence electrons. The second-order valence-corrected chi connectivity index (χ2v) is 4.27. The van der Waals surface area contributed by atoms with E-state index >= 15 is 0 Å². The molecule has 1 aromatic rings. The average Bonchev–Trinajstić information content (AvgIpc) is 2.30. The maximum atomic E-state index is 11.0. The van der Waals surface area contributed by atoms with Crippen molar-refractivity contribution in [2.24, 2.45) is 5.73 Å². The predicted molar refractivity (Wildman–Crippen MR) is 66.1 cm³/mol. The Balaban J connectivity index is 2.86. The van der Waals surface area contributed by atoms with Gasteiger partial charge in [-0.05, 0) is 34.0 Å². The molecule has 1 rings (SSSR count). The van der Waals surface area contributed by atoms with Gasteiger partial charge in [0.1, 0.15) is 5.75 Å². The normalized spacial score (nSPS) is 10.2. The molecule has 0 spiro atoms. The summed E-state index contributed by atoms with van der Waals surface area (Å²) in [5.74, 6) is -0.0769. The summed E-state index contributed by atoms with van der Waals surface area (Å²) in [6, 6.07) is 3.74. The highest BCUT2D eigenvalue weighted by molar-refractivity contribution is 9.10. The standard InChI is InChI=1S/C11H15BrN2O2/c1-2-7-3-8(6-14-10(15)5-13)11(16)9(12)4-7/h3-4,16H,2,5-6,13H2,1H3,(H,14,15). The SMILES string of the molecule is CCc1cc(Br)c(O)c(CNC(=O)CN)c1. The minimum Gasteiger partial charge on any atom is -0.506 e. The molecule has 0 radical (unpaired) electrons. The fourth-order valence-electron chi connectivity index (χ4n) is 1.32. The highest BCUT2D eigenvalue weighted by Gasteiger charge is 2.08. The van der Waals surface area contributed by atoms with Crippen molar-refractivity contribution in [3.8, 4) is 5.75 Å². The van der Waals surface area contributed by atoms with Gasteiger partial charge >= 0.3 is 0 Å². The lowest BCUT2D eigenvalue weighted by Crippen LogP contribution is -2.29. The number of halogens is 1. The molecule has 0 heterocycles. The maximum Gasteiger partial charge on any atom is 0.234 e. The van der Waals surface area contributed by atoms with Crippen LogP contribution in [-0.4, -0.2) is 17.6 Å². The molecule has 1 aromatic carbocycles. The largest absolute Gasteiger partial charge is 0.506 e. The molecule has 16 heavy (non-hydrogen) atoms. The number of nitrogens with one attached hydrogen (secondary N) is 1. The summed E-state index contributed by atoms with van der Waals surface area (Å²) in [4.78, 5) is 11.0. The first-order valence-corrected chi connectivity index (χ1v) is 5.84. The second kappa shape index (κ2) is 5.86. The van der Waals surface area contributed by atoms with Gasteiger partial charge in [0.25, 0.3) is 0 Å². The molecule has 0 saturated heterocycles. The first-order chi connectivity index (χ1) is 7.58. The van der Waals surface area contributed by atoms with Gasteiger partial charge in [0.2, 0.25) is 5.91 Å². The number of benzene rings is 1. The molecule has 0 aliphatic carbocycles. The Bertz CT molecular complexity index is 394. The number of aromatic hydroxyl groups is 1. The Morgan fingerprint density at radius 1 is 1.56 bits per heavy atom. The van der Waals surface area contributed by atoms with Crippen molar-refractivity contribution < 1.29 is 9.90 Å². The van der Waals surface area contributed by atoms with Crippen LogP contribution in [0.4, 0.5) is 0 Å². The van der Waals surface area contributed by atoms with Crippen LogP contribution in [0.2, 0.25) is 0 Å². The van der Waals surface area contributed by atoms with Gasteiger partial charge in [-0.25, -0.2) is 0 Å². The van der Waals surface area contributed by atoms with E-state index in [-0.39, 0.29) is 24.7 Å². The number of phenolic OH excluding ortho intramolecular Hbond substituents is 1. The summed E-state index contributed by atoms with van der Waals surface area (Å²) in [5, 5.41) is 12.4. The summed E-state index contributed by atoms with van der Waals surface area (Å²) in [7, 11) is 0. The van der Waals surface area contributed by atoms with Crippen molar-refractivity contribution in [1.29, 1.82) is 0 Å². The van der Waals surface area contributed by atoms with E-state index in [0.717, 1.165) is 12.0 Å². The number of amides is 1. The monoisotopic (exact) mass is 286 g/mol. The van der Waals surface area contributed by atoms with E-state index in [4.69, 9.17) is 5.73 Å². The van der Waals surface area contributed by atoms with E-state index in [1.165, 1.54) is 0 Å².